The molecule has 3 aromatic carbocycles. The molecule has 220 valence electrons. The number of carbonyl (C=O) groups excluding carboxylic acids is 2. The summed E-state index contributed by atoms with van der Waals surface area (Å²) in [5.74, 6) is -2.43. The van der Waals surface area contributed by atoms with Crippen LogP contribution in [0.3, 0.4) is 0 Å². The van der Waals surface area contributed by atoms with Crippen molar-refractivity contribution in [3.8, 4) is 11.9 Å². The van der Waals surface area contributed by atoms with Gasteiger partial charge in [-0.05, 0) is 55.0 Å². The van der Waals surface area contributed by atoms with Gasteiger partial charge in [0.15, 0.2) is 6.19 Å². The van der Waals surface area contributed by atoms with E-state index in [1.165, 1.54) is 40.1 Å². The number of hydrogen-bond acceptors (Lipinski definition) is 5. The molecule has 0 bridgehead atoms. The van der Waals surface area contributed by atoms with Crippen LogP contribution in [-0.2, 0) is 17.5 Å². The molecular formula is C31H26F4N6O2. The molecule has 43 heavy (non-hydrogen) atoms. The minimum atomic E-state index is -4.67. The van der Waals surface area contributed by atoms with Gasteiger partial charge >= 0.3 is 6.18 Å². The van der Waals surface area contributed by atoms with Crippen LogP contribution in [0.25, 0.3) is 5.69 Å². The summed E-state index contributed by atoms with van der Waals surface area (Å²) in [5.41, 5.74) is 0.775. The molecule has 0 saturated heterocycles. The van der Waals surface area contributed by atoms with Gasteiger partial charge < -0.3 is 10.2 Å². The fourth-order valence-corrected chi connectivity index (χ4v) is 5.29. The third-order valence-corrected chi connectivity index (χ3v) is 7.25. The van der Waals surface area contributed by atoms with Gasteiger partial charge in [0.2, 0.25) is 0 Å². The lowest BCUT2D eigenvalue weighted by Gasteiger charge is -2.38. The maximum Gasteiger partial charge on any atom is 0.416 e. The van der Waals surface area contributed by atoms with Crippen molar-refractivity contribution in [3.63, 3.8) is 0 Å². The van der Waals surface area contributed by atoms with Gasteiger partial charge in [-0.3, -0.25) is 14.5 Å². The Balaban J connectivity index is 1.71. The number of para-hydroxylation sites is 1. The third kappa shape index (κ3) is 5.66. The fraction of sp³-hybridized carbons (Fsp3) is 0.226. The minimum absolute atomic E-state index is 0.0520. The summed E-state index contributed by atoms with van der Waals surface area (Å²) < 4.78 is 55.8. The molecule has 1 aliphatic heterocycles. The van der Waals surface area contributed by atoms with Crippen molar-refractivity contribution in [3.05, 3.63) is 113 Å². The van der Waals surface area contributed by atoms with Crippen LogP contribution in [0.2, 0.25) is 0 Å². The molecule has 0 fully saturated rings. The second-order valence-electron chi connectivity index (χ2n) is 10.0. The van der Waals surface area contributed by atoms with Crippen molar-refractivity contribution < 1.29 is 27.2 Å². The van der Waals surface area contributed by atoms with Crippen molar-refractivity contribution in [1.82, 2.24) is 20.0 Å². The quantitative estimate of drug-likeness (QED) is 0.181. The zero-order valence-electron chi connectivity index (χ0n) is 23.1. The van der Waals surface area contributed by atoms with Crippen LogP contribution in [0, 0.1) is 17.3 Å². The van der Waals surface area contributed by atoms with Gasteiger partial charge in [0.05, 0.1) is 23.5 Å². The SMILES string of the molecule is CCN1C(=O)[C@@H](NC(=O)c2cccc(C(F)(F)F)c2)[C@@H](c2ccc(F)cc2)c2c(CN(C)C#N)nn(-c3ccccc3)c21. The lowest BCUT2D eigenvalue weighted by Crippen LogP contribution is -2.55. The number of nitriles is 1. The Morgan fingerprint density at radius 1 is 1.07 bits per heavy atom. The molecule has 1 N–H and O–H groups in total. The van der Waals surface area contributed by atoms with Crippen LogP contribution in [0.4, 0.5) is 23.4 Å². The molecule has 2 atom stereocenters. The van der Waals surface area contributed by atoms with Crippen LogP contribution in [0.5, 0.6) is 0 Å². The summed E-state index contributed by atoms with van der Waals surface area (Å²) in [4.78, 5) is 30.4. The third-order valence-electron chi connectivity index (χ3n) is 7.25. The number of likely N-dealkylation sites (N-methyl/N-ethyl adjacent to an activating group) is 1. The number of alkyl halides is 3. The largest absolute Gasteiger partial charge is 0.416 e. The first-order valence-corrected chi connectivity index (χ1v) is 13.4. The molecule has 0 saturated carbocycles. The standard InChI is InChI=1S/C31H26F4N6O2/c1-3-40-29-26(24(17-39(2)18-36)38-41(29)23-10-5-4-6-11-23)25(19-12-14-22(32)15-13-19)27(30(40)43)37-28(42)20-8-7-9-21(16-20)31(33,34)35/h4-16,25,27H,3,17H2,1-2H3,(H,37,42)/t25-,27-/m0/s1. The van der Waals surface area contributed by atoms with Gasteiger partial charge in [0.1, 0.15) is 17.7 Å². The highest BCUT2D eigenvalue weighted by Crippen LogP contribution is 2.44. The van der Waals surface area contributed by atoms with Crippen LogP contribution in [0.15, 0.2) is 78.9 Å². The number of anilines is 1. The Hall–Kier alpha value is -5.18. The fourth-order valence-electron chi connectivity index (χ4n) is 5.29. The van der Waals surface area contributed by atoms with Crippen molar-refractivity contribution in [2.75, 3.05) is 18.5 Å². The molecule has 1 aromatic heterocycles. The minimum Gasteiger partial charge on any atom is -0.339 e. The first-order valence-electron chi connectivity index (χ1n) is 13.4. The number of aromatic nitrogens is 2. The van der Waals surface area contributed by atoms with E-state index in [1.807, 2.05) is 12.3 Å². The molecule has 0 radical (unpaired) electrons. The van der Waals surface area contributed by atoms with Crippen LogP contribution in [-0.4, -0.2) is 46.1 Å². The molecule has 0 spiro atoms. The van der Waals surface area contributed by atoms with Crippen LogP contribution < -0.4 is 10.2 Å². The summed E-state index contributed by atoms with van der Waals surface area (Å²) in [5, 5.41) is 17.0. The Morgan fingerprint density at radius 3 is 2.40 bits per heavy atom. The Morgan fingerprint density at radius 2 is 1.77 bits per heavy atom. The van der Waals surface area contributed by atoms with Crippen molar-refractivity contribution in [2.24, 2.45) is 0 Å². The molecular weight excluding hydrogens is 564 g/mol. The van der Waals surface area contributed by atoms with Crippen molar-refractivity contribution in [1.29, 1.82) is 5.26 Å². The number of nitrogens with zero attached hydrogens (tertiary/aromatic N) is 5. The molecule has 2 heterocycles. The van der Waals surface area contributed by atoms with Crippen molar-refractivity contribution >= 4 is 17.6 Å². The number of nitrogens with one attached hydrogen (secondary N) is 1. The molecule has 8 nitrogen and oxygen atoms in total. The maximum atomic E-state index is 14.2. The second kappa shape index (κ2) is 11.6. The van der Waals surface area contributed by atoms with E-state index in [0.29, 0.717) is 28.3 Å². The van der Waals surface area contributed by atoms with Crippen LogP contribution in [0.1, 0.15) is 45.6 Å². The van der Waals surface area contributed by atoms with Gasteiger partial charge in [-0.15, -0.1) is 0 Å². The molecule has 2 amide bonds. The molecule has 4 aromatic rings. The van der Waals surface area contributed by atoms with E-state index < -0.39 is 41.3 Å². The van der Waals surface area contributed by atoms with E-state index in [9.17, 15) is 32.4 Å². The van der Waals surface area contributed by atoms with Gasteiger partial charge in [0.25, 0.3) is 11.8 Å². The number of halogens is 4. The number of rotatable bonds is 7. The molecule has 5 rings (SSSR count). The molecule has 0 unspecified atom stereocenters. The van der Waals surface area contributed by atoms with Crippen LogP contribution >= 0.6 is 0 Å². The highest BCUT2D eigenvalue weighted by atomic mass is 19.4. The van der Waals surface area contributed by atoms with Gasteiger partial charge in [-0.2, -0.15) is 23.5 Å². The first-order chi connectivity index (χ1) is 20.5. The van der Waals surface area contributed by atoms with Gasteiger partial charge in [-0.1, -0.05) is 36.4 Å². The highest BCUT2D eigenvalue weighted by molar-refractivity contribution is 6.05. The molecule has 0 aliphatic carbocycles. The zero-order chi connectivity index (χ0) is 30.9. The normalized spacial score (nSPS) is 16.4. The average Bonchev–Trinajstić information content (AvgIpc) is 3.36. The Bertz CT molecular complexity index is 1700. The molecule has 1 aliphatic rings. The Kier molecular flexibility index (Phi) is 7.91. The number of fused-ring (bicyclic) bond motifs is 1. The topological polar surface area (TPSA) is 94.3 Å². The summed E-state index contributed by atoms with van der Waals surface area (Å²) >= 11 is 0. The first kappa shape index (κ1) is 29.3. The van der Waals surface area contributed by atoms with E-state index in [0.717, 1.165) is 18.2 Å². The average molecular weight is 591 g/mol. The lowest BCUT2D eigenvalue weighted by atomic mass is 9.80. The summed E-state index contributed by atoms with van der Waals surface area (Å²) in [6.07, 6.45) is -2.63. The van der Waals surface area contributed by atoms with E-state index in [-0.39, 0.29) is 18.7 Å². The summed E-state index contributed by atoms with van der Waals surface area (Å²) in [7, 11) is 1.57. The van der Waals surface area contributed by atoms with E-state index in [1.54, 1.807) is 42.9 Å². The number of carbonyl (C=O) groups is 2. The maximum absolute atomic E-state index is 14.2. The number of benzene rings is 3. The Labute approximate surface area is 244 Å². The lowest BCUT2D eigenvalue weighted by molar-refractivity contribution is -0.137. The van der Waals surface area contributed by atoms with Gasteiger partial charge in [-0.25, -0.2) is 9.07 Å². The zero-order valence-corrected chi connectivity index (χ0v) is 23.1. The molecule has 12 heteroatoms. The van der Waals surface area contributed by atoms with Gasteiger partial charge in [0, 0.05) is 30.6 Å². The predicted molar refractivity (Wildman–Crippen MR) is 150 cm³/mol. The highest BCUT2D eigenvalue weighted by Gasteiger charge is 2.46. The van der Waals surface area contributed by atoms with E-state index in [2.05, 4.69) is 5.32 Å². The monoisotopic (exact) mass is 590 g/mol. The van der Waals surface area contributed by atoms with E-state index >= 15 is 0 Å². The van der Waals surface area contributed by atoms with Crippen molar-refractivity contribution in [2.45, 2.75) is 31.6 Å². The number of amides is 2. The number of hydrogen-bond donors (Lipinski definition) is 1. The second-order valence-corrected chi connectivity index (χ2v) is 10.0. The summed E-state index contributed by atoms with van der Waals surface area (Å²) in [6, 6.07) is 17.1. The smallest absolute Gasteiger partial charge is 0.339 e. The summed E-state index contributed by atoms with van der Waals surface area (Å²) in [6.45, 7) is 1.97. The van der Waals surface area contributed by atoms with E-state index in [4.69, 9.17) is 5.10 Å². The predicted octanol–water partition coefficient (Wildman–Crippen LogP) is 5.24.